The van der Waals surface area contributed by atoms with Gasteiger partial charge in [-0.15, -0.1) is 0 Å². The Labute approximate surface area is 100 Å². The van der Waals surface area contributed by atoms with Crippen molar-refractivity contribution in [2.24, 2.45) is 17.8 Å². The average molecular weight is 233 g/mol. The van der Waals surface area contributed by atoms with Crippen molar-refractivity contribution in [3.63, 3.8) is 0 Å². The summed E-state index contributed by atoms with van der Waals surface area (Å²) in [4.78, 5) is 11.7. The minimum Gasteiger partial charge on any atom is -0.467 e. The standard InChI is InChI=1S/C12H22O4/c1-7-8(2)10(6-14-4)16-11(9(7)3)12(13)15-5/h7-11H,6H2,1-5H3/t7-,8-,9+,10+,11-/m0/s1/i4TD/t4?,7-,8-,9+,10+,11-. The number of esters is 1. The number of carbonyl (C=O) groups excluding carboxylic acids is 1. The quantitative estimate of drug-likeness (QED) is 0.693. The molecule has 6 atom stereocenters. The molecule has 0 radical (unpaired) electrons. The van der Waals surface area contributed by atoms with E-state index in [-0.39, 0.29) is 36.4 Å². The van der Waals surface area contributed by atoms with E-state index in [1.807, 2.05) is 13.8 Å². The molecule has 0 spiro atoms. The third-order valence-corrected chi connectivity index (χ3v) is 3.74. The van der Waals surface area contributed by atoms with Crippen molar-refractivity contribution in [2.45, 2.75) is 33.0 Å². The second kappa shape index (κ2) is 5.64. The Hall–Kier alpha value is -0.610. The summed E-state index contributed by atoms with van der Waals surface area (Å²) < 4.78 is 29.5. The van der Waals surface area contributed by atoms with Crippen molar-refractivity contribution >= 4 is 5.97 Å². The Balaban J connectivity index is 2.71. The second-order valence-electron chi connectivity index (χ2n) is 4.53. The lowest BCUT2D eigenvalue weighted by Gasteiger charge is -2.42. The van der Waals surface area contributed by atoms with Gasteiger partial charge in [-0.05, 0) is 17.8 Å². The molecule has 0 aromatic rings. The Morgan fingerprint density at radius 1 is 1.44 bits per heavy atom. The number of carbonyl (C=O) groups is 1. The molecule has 16 heavy (non-hydrogen) atoms. The van der Waals surface area contributed by atoms with Crippen LogP contribution in [-0.4, -0.2) is 39.0 Å². The maximum absolute atomic E-state index is 11.7. The van der Waals surface area contributed by atoms with Gasteiger partial charge < -0.3 is 14.2 Å². The van der Waals surface area contributed by atoms with Gasteiger partial charge in [0, 0.05) is 7.06 Å². The molecule has 4 nitrogen and oxygen atoms in total. The first kappa shape index (κ1) is 10.5. The maximum Gasteiger partial charge on any atom is 0.335 e. The highest BCUT2D eigenvalue weighted by Crippen LogP contribution is 2.35. The van der Waals surface area contributed by atoms with Crippen molar-refractivity contribution in [3.8, 4) is 0 Å². The van der Waals surface area contributed by atoms with Gasteiger partial charge in [0.05, 0.1) is 22.6 Å². The van der Waals surface area contributed by atoms with Crippen LogP contribution in [0.25, 0.3) is 0 Å². The SMILES string of the molecule is [2H]C([3H])OC[C@H]1O[C@H](C(=O)OC)[C@H](C)[C@@H](C)[C@@H]1C. The van der Waals surface area contributed by atoms with Gasteiger partial charge in [0.2, 0.25) is 0 Å². The number of rotatable bonds is 3. The lowest BCUT2D eigenvalue weighted by atomic mass is 9.76. The van der Waals surface area contributed by atoms with Gasteiger partial charge in [-0.25, -0.2) is 4.79 Å². The number of hydrogen-bond donors (Lipinski definition) is 0. The van der Waals surface area contributed by atoms with Crippen LogP contribution in [0.1, 0.15) is 23.5 Å². The molecule has 0 aliphatic carbocycles. The molecule has 94 valence electrons. The molecule has 1 aliphatic rings. The highest BCUT2D eigenvalue weighted by molar-refractivity contribution is 5.75. The normalized spacial score (nSPS) is 43.1. The van der Waals surface area contributed by atoms with E-state index in [4.69, 9.17) is 17.0 Å². The molecule has 1 heterocycles. The molecule has 0 amide bonds. The smallest absolute Gasteiger partial charge is 0.335 e. The predicted octanol–water partition coefficient (Wildman–Crippen LogP) is 1.48. The Bertz CT molecular complexity index is 285. The minimum absolute atomic E-state index is 0.0755. The Kier molecular flexibility index (Phi) is 3.71. The zero-order valence-electron chi connectivity index (χ0n) is 12.3. The number of hydrogen-bond acceptors (Lipinski definition) is 4. The lowest BCUT2D eigenvalue weighted by Crippen LogP contribution is -2.49. The summed E-state index contributed by atoms with van der Waals surface area (Å²) in [6.07, 6.45) is -0.872. The molecule has 0 bridgehead atoms. The highest BCUT2D eigenvalue weighted by Gasteiger charge is 2.42. The van der Waals surface area contributed by atoms with Gasteiger partial charge >= 0.3 is 5.97 Å². The third-order valence-electron chi connectivity index (χ3n) is 3.74. The summed E-state index contributed by atoms with van der Waals surface area (Å²) in [5.74, 6) is 0.192. The van der Waals surface area contributed by atoms with Crippen LogP contribution in [0.3, 0.4) is 0 Å². The maximum atomic E-state index is 11.7. The molecule has 1 rings (SSSR count). The number of ether oxygens (including phenoxy) is 3. The Morgan fingerprint density at radius 3 is 2.69 bits per heavy atom. The van der Waals surface area contributed by atoms with Crippen LogP contribution in [-0.2, 0) is 19.0 Å². The van der Waals surface area contributed by atoms with E-state index in [0.717, 1.165) is 0 Å². The third kappa shape index (κ3) is 2.55. The molecule has 0 N–H and O–H groups in total. The molecule has 1 unspecified atom stereocenters. The monoisotopic (exact) mass is 233 g/mol. The first-order valence-corrected chi connectivity index (χ1v) is 5.57. The second-order valence-corrected chi connectivity index (χ2v) is 4.53. The minimum atomic E-state index is -1.33. The van der Waals surface area contributed by atoms with Gasteiger partial charge in [-0.1, -0.05) is 20.8 Å². The zero-order chi connectivity index (χ0) is 13.9. The van der Waals surface area contributed by atoms with E-state index >= 15 is 0 Å². The first-order chi connectivity index (χ1) is 8.38. The molecule has 4 heteroatoms. The predicted molar refractivity (Wildman–Crippen MR) is 60.0 cm³/mol. The first-order valence-electron chi connectivity index (χ1n) is 6.73. The average Bonchev–Trinajstić information content (AvgIpc) is 2.34. The van der Waals surface area contributed by atoms with Crippen LogP contribution in [0.15, 0.2) is 0 Å². The van der Waals surface area contributed by atoms with Crippen LogP contribution >= 0.6 is 0 Å². The molecule has 1 fully saturated rings. The Morgan fingerprint density at radius 2 is 2.12 bits per heavy atom. The molecular weight excluding hydrogens is 208 g/mol. The summed E-state index contributed by atoms with van der Waals surface area (Å²) in [7, 11) is 0.0167. The fourth-order valence-electron chi connectivity index (χ4n) is 2.20. The zero-order valence-corrected chi connectivity index (χ0v) is 10.3. The van der Waals surface area contributed by atoms with E-state index < -0.39 is 13.2 Å². The van der Waals surface area contributed by atoms with Gasteiger partial charge in [0.15, 0.2) is 6.10 Å². The fourth-order valence-corrected chi connectivity index (χ4v) is 2.20. The van der Waals surface area contributed by atoms with Crippen LogP contribution < -0.4 is 0 Å². The summed E-state index contributed by atoms with van der Waals surface area (Å²) in [6, 6.07) is 0. The van der Waals surface area contributed by atoms with Crippen molar-refractivity contribution in [3.05, 3.63) is 0 Å². The molecule has 1 aliphatic heterocycles. The van der Waals surface area contributed by atoms with Crippen molar-refractivity contribution < 1.29 is 21.7 Å². The largest absolute Gasteiger partial charge is 0.467 e. The summed E-state index contributed by atoms with van der Waals surface area (Å²) in [6.45, 7) is 6.23. The number of methoxy groups -OCH3 is 2. The molecule has 0 aromatic carbocycles. The van der Waals surface area contributed by atoms with Crippen LogP contribution in [0, 0.1) is 17.8 Å². The van der Waals surface area contributed by atoms with E-state index in [2.05, 4.69) is 6.92 Å². The van der Waals surface area contributed by atoms with Crippen molar-refractivity contribution in [1.82, 2.24) is 0 Å². The van der Waals surface area contributed by atoms with Crippen molar-refractivity contribution in [2.75, 3.05) is 20.8 Å². The summed E-state index contributed by atoms with van der Waals surface area (Å²) in [5, 5.41) is 0. The topological polar surface area (TPSA) is 44.8 Å². The molecule has 0 aromatic heterocycles. The fraction of sp³-hybridized carbons (Fsp3) is 0.917. The molecular formula is C12H22O4. The van der Waals surface area contributed by atoms with Gasteiger partial charge in [-0.3, -0.25) is 0 Å². The van der Waals surface area contributed by atoms with Gasteiger partial charge in [-0.2, -0.15) is 0 Å². The van der Waals surface area contributed by atoms with Crippen molar-refractivity contribution in [1.29, 1.82) is 0 Å². The van der Waals surface area contributed by atoms with E-state index in [1.165, 1.54) is 7.11 Å². The van der Waals surface area contributed by atoms with Crippen LogP contribution in [0.4, 0.5) is 0 Å². The summed E-state index contributed by atoms with van der Waals surface area (Å²) >= 11 is 0. The molecule has 0 saturated carbocycles. The van der Waals surface area contributed by atoms with Gasteiger partial charge in [0.1, 0.15) is 0 Å². The van der Waals surface area contributed by atoms with E-state index in [9.17, 15) is 4.79 Å². The van der Waals surface area contributed by atoms with E-state index in [1.54, 1.807) is 0 Å². The summed E-state index contributed by atoms with van der Waals surface area (Å²) in [5.41, 5.74) is 0. The van der Waals surface area contributed by atoms with Crippen LogP contribution in [0.5, 0.6) is 0 Å². The van der Waals surface area contributed by atoms with Gasteiger partial charge in [0.25, 0.3) is 0 Å². The van der Waals surface area contributed by atoms with Crippen LogP contribution in [0.2, 0.25) is 0 Å². The van der Waals surface area contributed by atoms with E-state index in [0.29, 0.717) is 0 Å². The highest BCUT2D eigenvalue weighted by atomic mass is 16.6. The molecule has 1 saturated heterocycles. The lowest BCUT2D eigenvalue weighted by molar-refractivity contribution is -0.187.